The van der Waals surface area contributed by atoms with Crippen LogP contribution < -0.4 is 4.74 Å². The molecule has 5 heteroatoms. The summed E-state index contributed by atoms with van der Waals surface area (Å²) in [4.78, 5) is 13.5. The van der Waals surface area contributed by atoms with Gasteiger partial charge in [0.1, 0.15) is 5.75 Å². The third-order valence-corrected chi connectivity index (χ3v) is 3.18. The summed E-state index contributed by atoms with van der Waals surface area (Å²) in [5, 5.41) is 10.1. The summed E-state index contributed by atoms with van der Waals surface area (Å²) in [7, 11) is 0. The molecule has 1 amide bonds. The molecule has 4 nitrogen and oxygen atoms in total. The molecule has 1 aliphatic rings. The normalized spacial score (nSPS) is 19.7. The van der Waals surface area contributed by atoms with Gasteiger partial charge < -0.3 is 14.7 Å². The van der Waals surface area contributed by atoms with Crippen LogP contribution in [0.3, 0.4) is 0 Å². The van der Waals surface area contributed by atoms with E-state index in [1.165, 1.54) is 0 Å². The predicted molar refractivity (Wildman–Crippen MR) is 68.8 cm³/mol. The summed E-state index contributed by atoms with van der Waals surface area (Å²) in [6.45, 7) is 1.09. The molecule has 1 aliphatic heterocycles. The first-order chi connectivity index (χ1) is 8.65. The van der Waals surface area contributed by atoms with Crippen molar-refractivity contribution in [2.75, 3.05) is 19.7 Å². The Labute approximate surface area is 111 Å². The highest BCUT2D eigenvalue weighted by Gasteiger charge is 2.22. The second-order valence-corrected chi connectivity index (χ2v) is 4.81. The molecule has 0 spiro atoms. The molecular weight excluding hydrogens is 254 g/mol. The zero-order chi connectivity index (χ0) is 13.0. The SMILES string of the molecule is O=C(COc1ccc(Cl)cc1)N1CCCC(O)C1. The van der Waals surface area contributed by atoms with E-state index in [0.717, 1.165) is 12.8 Å². The molecule has 0 saturated carbocycles. The Morgan fingerprint density at radius 3 is 2.83 bits per heavy atom. The highest BCUT2D eigenvalue weighted by Crippen LogP contribution is 2.16. The first-order valence-electron chi connectivity index (χ1n) is 5.99. The van der Waals surface area contributed by atoms with Crippen LogP contribution in [-0.2, 0) is 4.79 Å². The van der Waals surface area contributed by atoms with Gasteiger partial charge in [0.2, 0.25) is 0 Å². The van der Waals surface area contributed by atoms with E-state index < -0.39 is 6.10 Å². The topological polar surface area (TPSA) is 49.8 Å². The number of β-amino-alcohol motifs (C(OH)–C–C–N with tert-alkyl or cyclic N) is 1. The van der Waals surface area contributed by atoms with Gasteiger partial charge in [-0.3, -0.25) is 4.79 Å². The number of aliphatic hydroxyl groups is 1. The summed E-state index contributed by atoms with van der Waals surface area (Å²) in [5.74, 6) is 0.522. The van der Waals surface area contributed by atoms with Crippen molar-refractivity contribution in [2.45, 2.75) is 18.9 Å². The molecule has 0 aromatic heterocycles. The lowest BCUT2D eigenvalue weighted by atomic mass is 10.1. The van der Waals surface area contributed by atoms with Crippen LogP contribution in [-0.4, -0.2) is 41.7 Å². The fraction of sp³-hybridized carbons (Fsp3) is 0.462. The van der Waals surface area contributed by atoms with Gasteiger partial charge in [-0.05, 0) is 37.1 Å². The molecule has 0 radical (unpaired) electrons. The molecule has 1 fully saturated rings. The van der Waals surface area contributed by atoms with Crippen LogP contribution in [0.2, 0.25) is 5.02 Å². The first kappa shape index (κ1) is 13.2. The minimum Gasteiger partial charge on any atom is -0.484 e. The largest absolute Gasteiger partial charge is 0.484 e. The van der Waals surface area contributed by atoms with Gasteiger partial charge in [0.15, 0.2) is 6.61 Å². The van der Waals surface area contributed by atoms with Crippen molar-refractivity contribution < 1.29 is 14.6 Å². The van der Waals surface area contributed by atoms with Crippen molar-refractivity contribution in [1.82, 2.24) is 4.90 Å². The Bertz CT molecular complexity index is 407. The molecule has 1 heterocycles. The average molecular weight is 270 g/mol. The second kappa shape index (κ2) is 6.07. The monoisotopic (exact) mass is 269 g/mol. The number of piperidine rings is 1. The summed E-state index contributed by atoms with van der Waals surface area (Å²) >= 11 is 5.75. The first-order valence-corrected chi connectivity index (χ1v) is 6.37. The molecule has 1 N–H and O–H groups in total. The van der Waals surface area contributed by atoms with Crippen molar-refractivity contribution >= 4 is 17.5 Å². The van der Waals surface area contributed by atoms with Crippen LogP contribution in [0.5, 0.6) is 5.75 Å². The van der Waals surface area contributed by atoms with Crippen LogP contribution in [0.25, 0.3) is 0 Å². The number of carbonyl (C=O) groups excluding carboxylic acids is 1. The van der Waals surface area contributed by atoms with E-state index in [4.69, 9.17) is 16.3 Å². The van der Waals surface area contributed by atoms with Gasteiger partial charge in [-0.25, -0.2) is 0 Å². The Hall–Kier alpha value is -1.26. The van der Waals surface area contributed by atoms with Gasteiger partial charge in [-0.2, -0.15) is 0 Å². The van der Waals surface area contributed by atoms with Crippen LogP contribution in [0, 0.1) is 0 Å². The van der Waals surface area contributed by atoms with E-state index in [9.17, 15) is 9.90 Å². The molecule has 0 aliphatic carbocycles. The van der Waals surface area contributed by atoms with Crippen molar-refractivity contribution in [3.8, 4) is 5.75 Å². The number of hydrogen-bond donors (Lipinski definition) is 1. The molecule has 2 rings (SSSR count). The smallest absolute Gasteiger partial charge is 0.260 e. The summed E-state index contributed by atoms with van der Waals surface area (Å²) in [6, 6.07) is 6.87. The van der Waals surface area contributed by atoms with Gasteiger partial charge in [0, 0.05) is 18.1 Å². The minimum atomic E-state index is -0.404. The van der Waals surface area contributed by atoms with Crippen LogP contribution in [0.15, 0.2) is 24.3 Å². The zero-order valence-electron chi connectivity index (χ0n) is 10.0. The predicted octanol–water partition coefficient (Wildman–Crippen LogP) is 1.70. The summed E-state index contributed by atoms with van der Waals surface area (Å²) < 4.78 is 5.38. The molecule has 18 heavy (non-hydrogen) atoms. The van der Waals surface area contributed by atoms with Gasteiger partial charge in [-0.1, -0.05) is 11.6 Å². The maximum Gasteiger partial charge on any atom is 0.260 e. The Morgan fingerprint density at radius 1 is 1.44 bits per heavy atom. The van der Waals surface area contributed by atoms with Crippen molar-refractivity contribution in [3.05, 3.63) is 29.3 Å². The lowest BCUT2D eigenvalue weighted by molar-refractivity contribution is -0.136. The number of halogens is 1. The molecule has 1 saturated heterocycles. The summed E-state index contributed by atoms with van der Waals surface area (Å²) in [5.41, 5.74) is 0. The third-order valence-electron chi connectivity index (χ3n) is 2.93. The van der Waals surface area contributed by atoms with Crippen LogP contribution in [0.4, 0.5) is 0 Å². The molecule has 1 aromatic rings. The molecule has 0 bridgehead atoms. The Kier molecular flexibility index (Phi) is 4.44. The average Bonchev–Trinajstić information content (AvgIpc) is 2.38. The Morgan fingerprint density at radius 2 is 2.17 bits per heavy atom. The number of ether oxygens (including phenoxy) is 1. The van der Waals surface area contributed by atoms with Crippen molar-refractivity contribution in [2.24, 2.45) is 0 Å². The van der Waals surface area contributed by atoms with Gasteiger partial charge >= 0.3 is 0 Å². The molecular formula is C13H16ClNO3. The third kappa shape index (κ3) is 3.62. The Balaban J connectivity index is 1.82. The van der Waals surface area contributed by atoms with E-state index in [-0.39, 0.29) is 12.5 Å². The van der Waals surface area contributed by atoms with Gasteiger partial charge in [0.05, 0.1) is 6.10 Å². The second-order valence-electron chi connectivity index (χ2n) is 4.38. The van der Waals surface area contributed by atoms with E-state index in [2.05, 4.69) is 0 Å². The van der Waals surface area contributed by atoms with E-state index in [1.54, 1.807) is 29.2 Å². The van der Waals surface area contributed by atoms with E-state index in [1.807, 2.05) is 0 Å². The zero-order valence-corrected chi connectivity index (χ0v) is 10.8. The number of nitrogens with zero attached hydrogens (tertiary/aromatic N) is 1. The maximum atomic E-state index is 11.8. The van der Waals surface area contributed by atoms with E-state index >= 15 is 0 Å². The number of hydrogen-bond acceptors (Lipinski definition) is 3. The number of rotatable bonds is 3. The van der Waals surface area contributed by atoms with Gasteiger partial charge in [-0.15, -0.1) is 0 Å². The number of amides is 1. The molecule has 1 aromatic carbocycles. The number of benzene rings is 1. The lowest BCUT2D eigenvalue weighted by Gasteiger charge is -2.29. The number of likely N-dealkylation sites (tertiary alicyclic amines) is 1. The van der Waals surface area contributed by atoms with Crippen LogP contribution in [0.1, 0.15) is 12.8 Å². The maximum absolute atomic E-state index is 11.8. The molecule has 98 valence electrons. The fourth-order valence-corrected chi connectivity index (χ4v) is 2.07. The quantitative estimate of drug-likeness (QED) is 0.909. The minimum absolute atomic E-state index is 0.00560. The van der Waals surface area contributed by atoms with Gasteiger partial charge in [0.25, 0.3) is 5.91 Å². The lowest BCUT2D eigenvalue weighted by Crippen LogP contribution is -2.44. The molecule has 1 atom stereocenters. The summed E-state index contributed by atoms with van der Waals surface area (Å²) in [6.07, 6.45) is 1.20. The van der Waals surface area contributed by atoms with Crippen LogP contribution >= 0.6 is 11.6 Å². The fourth-order valence-electron chi connectivity index (χ4n) is 1.95. The van der Waals surface area contributed by atoms with E-state index in [0.29, 0.717) is 23.9 Å². The molecule has 1 unspecified atom stereocenters. The van der Waals surface area contributed by atoms with Crippen molar-refractivity contribution in [3.63, 3.8) is 0 Å². The highest BCUT2D eigenvalue weighted by atomic mass is 35.5. The standard InChI is InChI=1S/C13H16ClNO3/c14-10-3-5-12(6-4-10)18-9-13(17)15-7-1-2-11(16)8-15/h3-6,11,16H,1-2,7-9H2. The van der Waals surface area contributed by atoms with Crippen molar-refractivity contribution in [1.29, 1.82) is 0 Å². The number of aliphatic hydroxyl groups excluding tert-OH is 1. The highest BCUT2D eigenvalue weighted by molar-refractivity contribution is 6.30. The number of carbonyl (C=O) groups is 1.